The van der Waals surface area contributed by atoms with Crippen LogP contribution < -0.4 is 0 Å². The van der Waals surface area contributed by atoms with Gasteiger partial charge in [-0.15, -0.1) is 0 Å². The average Bonchev–Trinajstić information content (AvgIpc) is 3.77. The summed E-state index contributed by atoms with van der Waals surface area (Å²) in [7, 11) is 0. The maximum Gasteiger partial charge on any atom is 0.0785 e. The number of aromatic nitrogens is 2. The van der Waals surface area contributed by atoms with Crippen LogP contribution in [-0.2, 0) is 0 Å². The zero-order valence-corrected chi connectivity index (χ0v) is 29.6. The van der Waals surface area contributed by atoms with Gasteiger partial charge in [0.2, 0.25) is 0 Å². The highest BCUT2D eigenvalue weighted by Gasteiger charge is 2.27. The zero-order valence-electron chi connectivity index (χ0n) is 29.6. The Morgan fingerprint density at radius 2 is 1.04 bits per heavy atom. The Labute approximate surface area is 313 Å². The Kier molecular flexibility index (Phi) is 6.99. The standard InChI is InChI=1S/C51H35N3/c1-3-15-35(16-4-1)46-32-41(33-47(52-46)39-19-13-18-37(31-39)38-27-26-34-14-7-8-17-36(34)30-38)54-49-25-12-10-23-43(49)45-29-28-44-42-22-9-11-24-48(42)53(50(44)51(45)54)40-20-5-2-6-21-40/h1-32,41H,33H2. The van der Waals surface area contributed by atoms with Gasteiger partial charge >= 0.3 is 0 Å². The average molecular weight is 690 g/mol. The maximum atomic E-state index is 5.45. The molecule has 0 saturated heterocycles. The largest absolute Gasteiger partial charge is 0.331 e. The number of hydrogen-bond donors (Lipinski definition) is 0. The molecule has 2 aromatic heterocycles. The van der Waals surface area contributed by atoms with Gasteiger partial charge in [-0.3, -0.25) is 4.99 Å². The molecule has 3 heterocycles. The second kappa shape index (κ2) is 12.3. The lowest BCUT2D eigenvalue weighted by atomic mass is 9.93. The molecule has 0 radical (unpaired) electrons. The molecular weight excluding hydrogens is 655 g/mol. The van der Waals surface area contributed by atoms with E-state index in [1.165, 1.54) is 65.5 Å². The summed E-state index contributed by atoms with van der Waals surface area (Å²) in [6, 6.07) is 68.1. The van der Waals surface area contributed by atoms with Crippen LogP contribution in [0.4, 0.5) is 0 Å². The molecule has 0 bridgehead atoms. The molecule has 1 unspecified atom stereocenters. The van der Waals surface area contributed by atoms with Gasteiger partial charge in [0.1, 0.15) is 0 Å². The summed E-state index contributed by atoms with van der Waals surface area (Å²) in [5.74, 6) is 0. The summed E-state index contributed by atoms with van der Waals surface area (Å²) >= 11 is 0. The van der Waals surface area contributed by atoms with E-state index in [0.717, 1.165) is 34.6 Å². The van der Waals surface area contributed by atoms with Crippen LogP contribution in [0.5, 0.6) is 0 Å². The minimum atomic E-state index is 0.00673. The van der Waals surface area contributed by atoms with Crippen molar-refractivity contribution in [2.24, 2.45) is 4.99 Å². The van der Waals surface area contributed by atoms with Crippen molar-refractivity contribution in [2.45, 2.75) is 12.5 Å². The van der Waals surface area contributed by atoms with Crippen molar-refractivity contribution in [3.63, 3.8) is 0 Å². The predicted octanol–water partition coefficient (Wildman–Crippen LogP) is 13.2. The second-order valence-corrected chi connectivity index (χ2v) is 14.3. The molecule has 0 spiro atoms. The van der Waals surface area contributed by atoms with Gasteiger partial charge in [-0.2, -0.15) is 0 Å². The lowest BCUT2D eigenvalue weighted by Gasteiger charge is -2.25. The SMILES string of the molecule is C1=C(c2ccccc2)N=C(c2cccc(-c3ccc4ccccc4c3)c2)CC1n1c2ccccc2c2ccc3c4ccccc4n(-c4ccccc4)c3c21. The topological polar surface area (TPSA) is 22.2 Å². The molecular formula is C51H35N3. The number of allylic oxidation sites excluding steroid dienone is 1. The molecule has 1 aliphatic rings. The van der Waals surface area contributed by atoms with E-state index < -0.39 is 0 Å². The molecule has 0 fully saturated rings. The molecule has 11 rings (SSSR count). The number of nitrogens with zero attached hydrogens (tertiary/aromatic N) is 3. The summed E-state index contributed by atoms with van der Waals surface area (Å²) in [6.07, 6.45) is 3.15. The van der Waals surface area contributed by atoms with Crippen LogP contribution in [0, 0.1) is 0 Å². The van der Waals surface area contributed by atoms with Crippen LogP contribution in [0.2, 0.25) is 0 Å². The summed E-state index contributed by atoms with van der Waals surface area (Å²) in [6.45, 7) is 0. The molecule has 10 aromatic rings. The number of hydrogen-bond acceptors (Lipinski definition) is 1. The van der Waals surface area contributed by atoms with Crippen molar-refractivity contribution >= 4 is 65.8 Å². The lowest BCUT2D eigenvalue weighted by molar-refractivity contribution is 0.665. The third-order valence-corrected chi connectivity index (χ3v) is 11.2. The van der Waals surface area contributed by atoms with E-state index >= 15 is 0 Å². The molecule has 8 aromatic carbocycles. The zero-order chi connectivity index (χ0) is 35.6. The first-order valence-electron chi connectivity index (χ1n) is 18.7. The third kappa shape index (κ3) is 4.86. The summed E-state index contributed by atoms with van der Waals surface area (Å²) in [4.78, 5) is 5.45. The Morgan fingerprint density at radius 3 is 1.85 bits per heavy atom. The fraction of sp³-hybridized carbons (Fsp3) is 0.0392. The monoisotopic (exact) mass is 689 g/mol. The third-order valence-electron chi connectivity index (χ3n) is 11.2. The highest BCUT2D eigenvalue weighted by Crippen LogP contribution is 2.44. The van der Waals surface area contributed by atoms with Crippen molar-refractivity contribution < 1.29 is 0 Å². The summed E-state index contributed by atoms with van der Waals surface area (Å²) in [5.41, 5.74) is 12.8. The van der Waals surface area contributed by atoms with E-state index in [9.17, 15) is 0 Å². The van der Waals surface area contributed by atoms with E-state index in [1.54, 1.807) is 0 Å². The molecule has 0 amide bonds. The van der Waals surface area contributed by atoms with Gasteiger partial charge in [-0.25, -0.2) is 0 Å². The van der Waals surface area contributed by atoms with E-state index in [2.05, 4.69) is 203 Å². The molecule has 0 aliphatic carbocycles. The van der Waals surface area contributed by atoms with Crippen LogP contribution in [0.1, 0.15) is 23.6 Å². The highest BCUT2D eigenvalue weighted by atomic mass is 15.1. The first-order valence-corrected chi connectivity index (χ1v) is 18.7. The number of aliphatic imine (C=N–C) groups is 1. The fourth-order valence-corrected chi connectivity index (χ4v) is 8.76. The van der Waals surface area contributed by atoms with Crippen molar-refractivity contribution in [1.82, 2.24) is 9.13 Å². The van der Waals surface area contributed by atoms with Gasteiger partial charge in [0, 0.05) is 39.2 Å². The Balaban J connectivity index is 1.16. The van der Waals surface area contributed by atoms with Gasteiger partial charge in [-0.05, 0) is 75.5 Å². The molecule has 3 heteroatoms. The van der Waals surface area contributed by atoms with E-state index in [0.29, 0.717) is 0 Å². The Morgan fingerprint density at radius 1 is 0.426 bits per heavy atom. The van der Waals surface area contributed by atoms with Crippen molar-refractivity contribution in [1.29, 1.82) is 0 Å². The molecule has 1 aliphatic heterocycles. The molecule has 254 valence electrons. The quantitative estimate of drug-likeness (QED) is 0.172. The number of benzene rings is 8. The van der Waals surface area contributed by atoms with Gasteiger partial charge in [0.05, 0.1) is 34.0 Å². The van der Waals surface area contributed by atoms with Crippen molar-refractivity contribution in [3.05, 3.63) is 205 Å². The second-order valence-electron chi connectivity index (χ2n) is 14.3. The van der Waals surface area contributed by atoms with E-state index in [1.807, 2.05) is 0 Å². The van der Waals surface area contributed by atoms with Gasteiger partial charge in [-0.1, -0.05) is 152 Å². The van der Waals surface area contributed by atoms with Crippen molar-refractivity contribution in [3.8, 4) is 16.8 Å². The Hall–Kier alpha value is -6.97. The van der Waals surface area contributed by atoms with Gasteiger partial charge in [0.25, 0.3) is 0 Å². The maximum absolute atomic E-state index is 5.45. The lowest BCUT2D eigenvalue weighted by Crippen LogP contribution is -2.17. The van der Waals surface area contributed by atoms with Crippen LogP contribution in [0.15, 0.2) is 199 Å². The summed E-state index contributed by atoms with van der Waals surface area (Å²) in [5, 5.41) is 7.53. The van der Waals surface area contributed by atoms with Crippen LogP contribution in [0.3, 0.4) is 0 Å². The van der Waals surface area contributed by atoms with Gasteiger partial charge in [0.15, 0.2) is 0 Å². The normalized spacial score (nSPS) is 14.6. The minimum absolute atomic E-state index is 0.00673. The van der Waals surface area contributed by atoms with Gasteiger partial charge < -0.3 is 9.13 Å². The van der Waals surface area contributed by atoms with Crippen LogP contribution in [-0.4, -0.2) is 14.8 Å². The predicted molar refractivity (Wildman–Crippen MR) is 228 cm³/mol. The molecule has 0 saturated carbocycles. The number of fused-ring (bicyclic) bond motifs is 8. The highest BCUT2D eigenvalue weighted by molar-refractivity contribution is 6.23. The first kappa shape index (κ1) is 30.6. The minimum Gasteiger partial charge on any atom is -0.331 e. The van der Waals surface area contributed by atoms with E-state index in [4.69, 9.17) is 4.99 Å². The number of para-hydroxylation sites is 3. The molecule has 54 heavy (non-hydrogen) atoms. The fourth-order valence-electron chi connectivity index (χ4n) is 8.76. The first-order chi connectivity index (χ1) is 26.8. The smallest absolute Gasteiger partial charge is 0.0785 e. The Bertz CT molecular complexity index is 3120. The van der Waals surface area contributed by atoms with E-state index in [-0.39, 0.29) is 6.04 Å². The number of rotatable bonds is 5. The van der Waals surface area contributed by atoms with Crippen LogP contribution in [0.25, 0.3) is 76.9 Å². The molecule has 1 atom stereocenters. The summed E-state index contributed by atoms with van der Waals surface area (Å²) < 4.78 is 5.07. The van der Waals surface area contributed by atoms with Crippen LogP contribution >= 0.6 is 0 Å². The van der Waals surface area contributed by atoms with Crippen molar-refractivity contribution in [2.75, 3.05) is 0 Å². The molecule has 3 nitrogen and oxygen atoms in total. The molecule has 0 N–H and O–H groups in total.